The van der Waals surface area contributed by atoms with Crippen LogP contribution in [-0.4, -0.2) is 67.0 Å². The Kier molecular flexibility index (Phi) is 5.79. The molecule has 4 rings (SSSR count). The minimum atomic E-state index is -0.717. The fraction of sp³-hybridized carbons (Fsp3) is 0.348. The summed E-state index contributed by atoms with van der Waals surface area (Å²) in [6.07, 6.45) is 0.833. The number of nitrogens with zero attached hydrogens (tertiary/aromatic N) is 2. The van der Waals surface area contributed by atoms with Crippen LogP contribution in [0.3, 0.4) is 0 Å². The van der Waals surface area contributed by atoms with E-state index in [-0.39, 0.29) is 24.4 Å². The normalized spacial score (nSPS) is 17.9. The van der Waals surface area contributed by atoms with Crippen molar-refractivity contribution in [2.45, 2.75) is 19.4 Å². The highest BCUT2D eigenvalue weighted by Crippen LogP contribution is 2.31. The van der Waals surface area contributed by atoms with Gasteiger partial charge in [-0.15, -0.1) is 0 Å². The maximum absolute atomic E-state index is 13.3. The zero-order valence-electron chi connectivity index (χ0n) is 17.7. The van der Waals surface area contributed by atoms with Crippen molar-refractivity contribution in [1.29, 1.82) is 0 Å². The van der Waals surface area contributed by atoms with Crippen LogP contribution in [-0.2, 0) is 4.79 Å². The highest BCUT2D eigenvalue weighted by Gasteiger charge is 2.40. The first-order chi connectivity index (χ1) is 15.0. The highest BCUT2D eigenvalue weighted by atomic mass is 16.5. The smallest absolute Gasteiger partial charge is 0.317 e. The Bertz CT molecular complexity index is 1010. The summed E-state index contributed by atoms with van der Waals surface area (Å²) < 4.78 is 5.21. The van der Waals surface area contributed by atoms with Gasteiger partial charge in [-0.05, 0) is 41.8 Å². The first kappa shape index (κ1) is 20.7. The van der Waals surface area contributed by atoms with Crippen LogP contribution in [0.15, 0.2) is 42.5 Å². The number of benzene rings is 2. The number of hydrogen-bond donors (Lipinski definition) is 2. The summed E-state index contributed by atoms with van der Waals surface area (Å²) in [5, 5.41) is 5.70. The molecule has 31 heavy (non-hydrogen) atoms. The van der Waals surface area contributed by atoms with Gasteiger partial charge in [0.05, 0.1) is 24.9 Å². The van der Waals surface area contributed by atoms with Gasteiger partial charge in [0, 0.05) is 19.6 Å². The van der Waals surface area contributed by atoms with E-state index < -0.39 is 6.04 Å². The van der Waals surface area contributed by atoms with Crippen LogP contribution in [0, 0.1) is 0 Å². The number of piperazine rings is 1. The molecule has 0 radical (unpaired) electrons. The zero-order valence-corrected chi connectivity index (χ0v) is 17.7. The largest absolute Gasteiger partial charge is 0.497 e. The number of urea groups is 1. The fourth-order valence-corrected chi connectivity index (χ4v) is 3.94. The molecule has 2 aliphatic rings. The summed E-state index contributed by atoms with van der Waals surface area (Å²) in [4.78, 5) is 41.7. The Morgan fingerprint density at radius 3 is 2.58 bits per heavy atom. The summed E-state index contributed by atoms with van der Waals surface area (Å²) in [5.41, 5.74) is 2.76. The van der Waals surface area contributed by atoms with Gasteiger partial charge in [-0.25, -0.2) is 4.79 Å². The van der Waals surface area contributed by atoms with Crippen LogP contribution in [0.1, 0.15) is 23.7 Å². The summed E-state index contributed by atoms with van der Waals surface area (Å²) >= 11 is 0. The third-order valence-corrected chi connectivity index (χ3v) is 5.69. The Morgan fingerprint density at radius 2 is 1.87 bits per heavy atom. The van der Waals surface area contributed by atoms with Crippen LogP contribution in [0.2, 0.25) is 0 Å². The second-order valence-electron chi connectivity index (χ2n) is 7.67. The number of amides is 4. The van der Waals surface area contributed by atoms with Crippen molar-refractivity contribution < 1.29 is 19.1 Å². The Hall–Kier alpha value is -3.55. The van der Waals surface area contributed by atoms with E-state index in [2.05, 4.69) is 10.6 Å². The molecule has 2 heterocycles. The predicted molar refractivity (Wildman–Crippen MR) is 117 cm³/mol. The fourth-order valence-electron chi connectivity index (χ4n) is 3.94. The summed E-state index contributed by atoms with van der Waals surface area (Å²) in [7, 11) is 1.61. The quantitative estimate of drug-likeness (QED) is 0.792. The SMILES string of the molecule is CCCNC(=O)N1CCN2C(=O)c3cc(-c4ccc(OC)cc4)ccc3NC(=O)C2C1. The van der Waals surface area contributed by atoms with Crippen molar-refractivity contribution in [3.8, 4) is 16.9 Å². The lowest BCUT2D eigenvalue weighted by Crippen LogP contribution is -2.60. The average Bonchev–Trinajstić information content (AvgIpc) is 2.91. The lowest BCUT2D eigenvalue weighted by molar-refractivity contribution is -0.121. The maximum atomic E-state index is 13.3. The van der Waals surface area contributed by atoms with Gasteiger partial charge in [0.2, 0.25) is 5.91 Å². The molecule has 0 bridgehead atoms. The van der Waals surface area contributed by atoms with E-state index in [9.17, 15) is 14.4 Å². The molecule has 4 amide bonds. The van der Waals surface area contributed by atoms with E-state index in [1.807, 2.05) is 43.3 Å². The van der Waals surface area contributed by atoms with Crippen molar-refractivity contribution >= 4 is 23.5 Å². The lowest BCUT2D eigenvalue weighted by Gasteiger charge is -2.39. The predicted octanol–water partition coefficient (Wildman–Crippen LogP) is 2.56. The number of anilines is 1. The van der Waals surface area contributed by atoms with E-state index in [1.54, 1.807) is 23.0 Å². The molecule has 2 aromatic carbocycles. The van der Waals surface area contributed by atoms with Gasteiger partial charge in [-0.2, -0.15) is 0 Å². The lowest BCUT2D eigenvalue weighted by atomic mass is 10.0. The summed E-state index contributed by atoms with van der Waals surface area (Å²) in [6.45, 7) is 3.43. The van der Waals surface area contributed by atoms with E-state index in [0.29, 0.717) is 30.9 Å². The molecule has 1 fully saturated rings. The van der Waals surface area contributed by atoms with Gasteiger partial charge in [-0.1, -0.05) is 25.1 Å². The molecule has 1 unspecified atom stereocenters. The molecule has 0 aromatic heterocycles. The summed E-state index contributed by atoms with van der Waals surface area (Å²) in [6, 6.07) is 12.1. The molecule has 2 N–H and O–H groups in total. The Labute approximate surface area is 181 Å². The first-order valence-electron chi connectivity index (χ1n) is 10.4. The molecular weight excluding hydrogens is 396 g/mol. The van der Waals surface area contributed by atoms with Crippen molar-refractivity contribution in [2.75, 3.05) is 38.6 Å². The van der Waals surface area contributed by atoms with E-state index in [4.69, 9.17) is 4.74 Å². The first-order valence-corrected chi connectivity index (χ1v) is 10.4. The van der Waals surface area contributed by atoms with Gasteiger partial charge < -0.3 is 25.2 Å². The van der Waals surface area contributed by atoms with Crippen molar-refractivity contribution in [1.82, 2.24) is 15.1 Å². The van der Waals surface area contributed by atoms with Crippen LogP contribution >= 0.6 is 0 Å². The minimum absolute atomic E-state index is 0.173. The van der Waals surface area contributed by atoms with Gasteiger partial charge >= 0.3 is 6.03 Å². The van der Waals surface area contributed by atoms with Crippen LogP contribution < -0.4 is 15.4 Å². The van der Waals surface area contributed by atoms with E-state index >= 15 is 0 Å². The van der Waals surface area contributed by atoms with Crippen molar-refractivity contribution in [3.05, 3.63) is 48.0 Å². The molecule has 162 valence electrons. The number of nitrogens with one attached hydrogen (secondary N) is 2. The van der Waals surface area contributed by atoms with Crippen molar-refractivity contribution in [3.63, 3.8) is 0 Å². The van der Waals surface area contributed by atoms with Crippen molar-refractivity contribution in [2.24, 2.45) is 0 Å². The number of carbonyl (C=O) groups is 3. The standard InChI is InChI=1S/C23H26N4O4/c1-3-10-24-23(30)26-11-12-27-20(14-26)21(28)25-19-9-6-16(13-18(19)22(27)29)15-4-7-17(31-2)8-5-15/h4-9,13,20H,3,10-12,14H2,1-2H3,(H,24,30)(H,25,28). The third-order valence-electron chi connectivity index (χ3n) is 5.69. The topological polar surface area (TPSA) is 91.0 Å². The molecule has 8 nitrogen and oxygen atoms in total. The molecule has 0 aliphatic carbocycles. The van der Waals surface area contributed by atoms with Crippen LogP contribution in [0.4, 0.5) is 10.5 Å². The number of carbonyl (C=O) groups excluding carboxylic acids is 3. The van der Waals surface area contributed by atoms with Crippen LogP contribution in [0.5, 0.6) is 5.75 Å². The Morgan fingerprint density at radius 1 is 1.13 bits per heavy atom. The molecule has 8 heteroatoms. The molecule has 1 atom stereocenters. The maximum Gasteiger partial charge on any atom is 0.317 e. The van der Waals surface area contributed by atoms with Gasteiger partial charge in [0.25, 0.3) is 5.91 Å². The van der Waals surface area contributed by atoms with Gasteiger partial charge in [0.15, 0.2) is 0 Å². The average molecular weight is 422 g/mol. The number of ether oxygens (including phenoxy) is 1. The molecule has 1 saturated heterocycles. The van der Waals surface area contributed by atoms with Gasteiger partial charge in [-0.3, -0.25) is 9.59 Å². The van der Waals surface area contributed by atoms with E-state index in [1.165, 1.54) is 0 Å². The molecule has 2 aromatic rings. The Balaban J connectivity index is 1.59. The third kappa shape index (κ3) is 4.05. The number of methoxy groups -OCH3 is 1. The zero-order chi connectivity index (χ0) is 22.0. The monoisotopic (exact) mass is 422 g/mol. The number of hydrogen-bond acceptors (Lipinski definition) is 4. The molecule has 2 aliphatic heterocycles. The van der Waals surface area contributed by atoms with E-state index in [0.717, 1.165) is 23.3 Å². The highest BCUT2D eigenvalue weighted by molar-refractivity contribution is 6.10. The second kappa shape index (κ2) is 8.67. The number of rotatable bonds is 4. The summed E-state index contributed by atoms with van der Waals surface area (Å²) in [5.74, 6) is 0.269. The minimum Gasteiger partial charge on any atom is -0.497 e. The molecular formula is C23H26N4O4. The number of fused-ring (bicyclic) bond motifs is 2. The molecule has 0 spiro atoms. The molecule has 0 saturated carbocycles. The second-order valence-corrected chi connectivity index (χ2v) is 7.67. The van der Waals surface area contributed by atoms with Gasteiger partial charge in [0.1, 0.15) is 11.8 Å². The van der Waals surface area contributed by atoms with Crippen LogP contribution in [0.25, 0.3) is 11.1 Å².